The zero-order chi connectivity index (χ0) is 15.1. The Kier molecular flexibility index (Phi) is 3.04. The fourth-order valence-electron chi connectivity index (χ4n) is 2.63. The average Bonchev–Trinajstić information content (AvgIpc) is 3.05. The van der Waals surface area contributed by atoms with E-state index in [0.717, 1.165) is 42.8 Å². The van der Waals surface area contributed by atoms with Gasteiger partial charge in [-0.1, -0.05) is 0 Å². The van der Waals surface area contributed by atoms with Gasteiger partial charge in [0.25, 0.3) is 0 Å². The van der Waals surface area contributed by atoms with Crippen LogP contribution in [-0.4, -0.2) is 55.9 Å². The van der Waals surface area contributed by atoms with Crippen LogP contribution in [-0.2, 0) is 6.54 Å². The lowest BCUT2D eigenvalue weighted by molar-refractivity contribution is 0.179. The summed E-state index contributed by atoms with van der Waals surface area (Å²) in [7, 11) is 2.10. The molecule has 0 aliphatic carbocycles. The Morgan fingerprint density at radius 3 is 3.00 bits per heavy atom. The second kappa shape index (κ2) is 5.06. The van der Waals surface area contributed by atoms with Crippen molar-refractivity contribution in [3.63, 3.8) is 0 Å². The molecule has 3 aromatic heterocycles. The van der Waals surface area contributed by atoms with Crippen LogP contribution in [0.1, 0.15) is 11.7 Å². The Bertz CT molecular complexity index is 789. The van der Waals surface area contributed by atoms with E-state index in [-0.39, 0.29) is 0 Å². The Hall–Kier alpha value is -2.48. The Morgan fingerprint density at radius 1 is 1.36 bits per heavy atom. The highest BCUT2D eigenvalue weighted by atomic mass is 16.4. The van der Waals surface area contributed by atoms with Gasteiger partial charge < -0.3 is 9.32 Å². The molecule has 0 aromatic carbocycles. The number of fused-ring (bicyclic) bond motifs is 1. The number of nitrogens with zero attached hydrogens (tertiary/aromatic N) is 7. The largest absolute Gasteiger partial charge is 0.445 e. The summed E-state index contributed by atoms with van der Waals surface area (Å²) in [5, 5.41) is 12.3. The average molecular weight is 299 g/mol. The van der Waals surface area contributed by atoms with E-state index < -0.39 is 0 Å². The molecule has 4 rings (SSSR count). The van der Waals surface area contributed by atoms with Gasteiger partial charge in [-0.2, -0.15) is 4.52 Å². The van der Waals surface area contributed by atoms with Crippen molar-refractivity contribution in [3.8, 4) is 0 Å². The Labute approximate surface area is 127 Å². The predicted molar refractivity (Wildman–Crippen MR) is 79.5 cm³/mol. The van der Waals surface area contributed by atoms with Crippen molar-refractivity contribution in [1.29, 1.82) is 0 Å². The molecule has 1 fully saturated rings. The summed E-state index contributed by atoms with van der Waals surface area (Å²) in [4.78, 5) is 8.75. The molecule has 1 saturated heterocycles. The molecule has 22 heavy (non-hydrogen) atoms. The molecule has 1 aliphatic heterocycles. The standard InChI is InChI=1S/C14H17N7O/c1-10-5-15-14(22-10)8-19(2)11-6-20(7-11)13-4-3-12-17-16-9-21(12)18-13/h3-5,9,11H,6-8H2,1-2H3. The summed E-state index contributed by atoms with van der Waals surface area (Å²) in [6.07, 6.45) is 3.38. The van der Waals surface area contributed by atoms with E-state index >= 15 is 0 Å². The van der Waals surface area contributed by atoms with Gasteiger partial charge in [0.2, 0.25) is 5.89 Å². The van der Waals surface area contributed by atoms with Crippen molar-refractivity contribution < 1.29 is 4.42 Å². The summed E-state index contributed by atoms with van der Waals surface area (Å²) in [6, 6.07) is 4.39. The van der Waals surface area contributed by atoms with E-state index in [1.807, 2.05) is 19.1 Å². The predicted octanol–water partition coefficient (Wildman–Crippen LogP) is 0.741. The van der Waals surface area contributed by atoms with Crippen molar-refractivity contribution in [2.24, 2.45) is 0 Å². The number of likely N-dealkylation sites (N-methyl/N-ethyl adjacent to an activating group) is 1. The highest BCUT2D eigenvalue weighted by molar-refractivity contribution is 5.47. The van der Waals surface area contributed by atoms with E-state index in [2.05, 4.69) is 37.1 Å². The normalized spacial score (nSPS) is 15.7. The maximum absolute atomic E-state index is 5.53. The zero-order valence-electron chi connectivity index (χ0n) is 12.5. The molecule has 114 valence electrons. The van der Waals surface area contributed by atoms with E-state index in [4.69, 9.17) is 4.42 Å². The minimum Gasteiger partial charge on any atom is -0.445 e. The summed E-state index contributed by atoms with van der Waals surface area (Å²) in [6.45, 7) is 4.52. The van der Waals surface area contributed by atoms with E-state index in [9.17, 15) is 0 Å². The first-order chi connectivity index (χ1) is 10.7. The first kappa shape index (κ1) is 13.2. The molecule has 0 spiro atoms. The van der Waals surface area contributed by atoms with Gasteiger partial charge >= 0.3 is 0 Å². The van der Waals surface area contributed by atoms with Crippen LogP contribution in [0.5, 0.6) is 0 Å². The lowest BCUT2D eigenvalue weighted by Crippen LogP contribution is -2.58. The van der Waals surface area contributed by atoms with Gasteiger partial charge in [-0.3, -0.25) is 4.90 Å². The van der Waals surface area contributed by atoms with Gasteiger partial charge in [0, 0.05) is 19.1 Å². The number of hydrogen-bond acceptors (Lipinski definition) is 7. The number of aromatic nitrogens is 5. The number of hydrogen-bond donors (Lipinski definition) is 0. The third-order valence-corrected chi connectivity index (χ3v) is 4.01. The molecule has 0 unspecified atom stereocenters. The number of anilines is 1. The van der Waals surface area contributed by atoms with Crippen LogP contribution in [0.3, 0.4) is 0 Å². The maximum Gasteiger partial charge on any atom is 0.208 e. The summed E-state index contributed by atoms with van der Waals surface area (Å²) in [5.74, 6) is 2.57. The molecule has 4 heterocycles. The van der Waals surface area contributed by atoms with Crippen molar-refractivity contribution >= 4 is 11.5 Å². The second-order valence-electron chi connectivity index (χ2n) is 5.66. The minimum atomic E-state index is 0.477. The van der Waals surface area contributed by atoms with Gasteiger partial charge in [-0.25, -0.2) is 4.98 Å². The van der Waals surface area contributed by atoms with E-state index in [1.54, 1.807) is 17.0 Å². The number of oxazole rings is 1. The van der Waals surface area contributed by atoms with Crippen LogP contribution in [0.2, 0.25) is 0 Å². The first-order valence-corrected chi connectivity index (χ1v) is 7.22. The lowest BCUT2D eigenvalue weighted by Gasteiger charge is -2.44. The molecule has 8 nitrogen and oxygen atoms in total. The Morgan fingerprint density at radius 2 is 2.23 bits per heavy atom. The van der Waals surface area contributed by atoms with Gasteiger partial charge in [-0.15, -0.1) is 15.3 Å². The summed E-state index contributed by atoms with van der Waals surface area (Å²) < 4.78 is 7.22. The van der Waals surface area contributed by atoms with Crippen molar-refractivity contribution in [2.75, 3.05) is 25.0 Å². The number of rotatable bonds is 4. The third kappa shape index (κ3) is 2.31. The van der Waals surface area contributed by atoms with Crippen LogP contribution < -0.4 is 4.90 Å². The molecule has 0 amide bonds. The smallest absolute Gasteiger partial charge is 0.208 e. The third-order valence-electron chi connectivity index (χ3n) is 4.01. The number of aryl methyl sites for hydroxylation is 1. The highest BCUT2D eigenvalue weighted by Gasteiger charge is 2.31. The fourth-order valence-corrected chi connectivity index (χ4v) is 2.63. The molecule has 1 aliphatic rings. The van der Waals surface area contributed by atoms with Crippen LogP contribution in [0.4, 0.5) is 5.82 Å². The van der Waals surface area contributed by atoms with E-state index in [0.29, 0.717) is 6.04 Å². The van der Waals surface area contributed by atoms with Crippen molar-refractivity contribution in [3.05, 3.63) is 36.3 Å². The molecule has 0 N–H and O–H groups in total. The molecule has 8 heteroatoms. The lowest BCUT2D eigenvalue weighted by atomic mass is 10.1. The monoisotopic (exact) mass is 299 g/mol. The summed E-state index contributed by atoms with van der Waals surface area (Å²) in [5.41, 5.74) is 0.761. The van der Waals surface area contributed by atoms with Gasteiger partial charge in [0.05, 0.1) is 12.7 Å². The molecule has 0 saturated carbocycles. The molecular weight excluding hydrogens is 282 g/mol. The molecule has 0 bridgehead atoms. The topological polar surface area (TPSA) is 75.6 Å². The maximum atomic E-state index is 5.53. The van der Waals surface area contributed by atoms with Crippen LogP contribution >= 0.6 is 0 Å². The van der Waals surface area contributed by atoms with Crippen LogP contribution in [0, 0.1) is 6.92 Å². The molecular formula is C14H17N7O. The van der Waals surface area contributed by atoms with Gasteiger partial charge in [-0.05, 0) is 26.1 Å². The SMILES string of the molecule is Cc1cnc(CN(C)C2CN(c3ccc4nncn4n3)C2)o1. The van der Waals surface area contributed by atoms with Crippen molar-refractivity contribution in [2.45, 2.75) is 19.5 Å². The van der Waals surface area contributed by atoms with Crippen LogP contribution in [0.15, 0.2) is 29.1 Å². The molecule has 0 radical (unpaired) electrons. The fraction of sp³-hybridized carbons (Fsp3) is 0.429. The van der Waals surface area contributed by atoms with Crippen molar-refractivity contribution in [1.82, 2.24) is 29.7 Å². The Balaban J connectivity index is 1.38. The summed E-state index contributed by atoms with van der Waals surface area (Å²) >= 11 is 0. The highest BCUT2D eigenvalue weighted by Crippen LogP contribution is 2.22. The first-order valence-electron chi connectivity index (χ1n) is 7.22. The second-order valence-corrected chi connectivity index (χ2v) is 5.66. The van der Waals surface area contributed by atoms with Crippen LogP contribution in [0.25, 0.3) is 5.65 Å². The molecule has 0 atom stereocenters. The quantitative estimate of drug-likeness (QED) is 0.703. The zero-order valence-corrected chi connectivity index (χ0v) is 12.5. The van der Waals surface area contributed by atoms with Gasteiger partial charge in [0.15, 0.2) is 5.65 Å². The minimum absolute atomic E-state index is 0.477. The molecule has 3 aromatic rings. The van der Waals surface area contributed by atoms with E-state index in [1.165, 1.54) is 0 Å². The van der Waals surface area contributed by atoms with Gasteiger partial charge in [0.1, 0.15) is 17.9 Å².